The molecule has 1 aromatic carbocycles. The van der Waals surface area contributed by atoms with Crippen molar-refractivity contribution in [3.05, 3.63) is 46.7 Å². The van der Waals surface area contributed by atoms with E-state index in [0.717, 1.165) is 36.1 Å². The molecule has 2 aliphatic carbocycles. The fourth-order valence-corrected chi connectivity index (χ4v) is 4.44. The molecule has 1 aromatic rings. The van der Waals surface area contributed by atoms with Crippen LogP contribution in [0.15, 0.2) is 35.6 Å². The monoisotopic (exact) mass is 327 g/mol. The summed E-state index contributed by atoms with van der Waals surface area (Å²) in [6, 6.07) is 3.90. The van der Waals surface area contributed by atoms with Crippen LogP contribution in [0.25, 0.3) is 0 Å². The highest BCUT2D eigenvalue weighted by Gasteiger charge is 2.50. The highest BCUT2D eigenvalue weighted by Crippen LogP contribution is 2.53. The Morgan fingerprint density at radius 3 is 2.79 bits per heavy atom. The van der Waals surface area contributed by atoms with E-state index in [1.54, 1.807) is 19.3 Å². The van der Waals surface area contributed by atoms with E-state index in [2.05, 4.69) is 11.9 Å². The Hall–Kier alpha value is -2.27. The largest absolute Gasteiger partial charge is 0.504 e. The predicted molar refractivity (Wildman–Crippen MR) is 89.3 cm³/mol. The van der Waals surface area contributed by atoms with Gasteiger partial charge in [0.05, 0.1) is 14.2 Å². The van der Waals surface area contributed by atoms with Crippen LogP contribution < -0.4 is 4.74 Å². The van der Waals surface area contributed by atoms with Crippen LogP contribution in [0.5, 0.6) is 11.5 Å². The number of likely N-dealkylation sites (N-methyl/N-ethyl adjacent to an activating group) is 1. The number of methoxy groups -OCH3 is 2. The number of hydrogen-bond donors (Lipinski definition) is 1. The van der Waals surface area contributed by atoms with Crippen LogP contribution in [0.2, 0.25) is 0 Å². The molecular formula is C19H21NO4. The van der Waals surface area contributed by atoms with Gasteiger partial charge in [-0.2, -0.15) is 0 Å². The van der Waals surface area contributed by atoms with Crippen molar-refractivity contribution in [3.8, 4) is 11.5 Å². The summed E-state index contributed by atoms with van der Waals surface area (Å²) in [7, 11) is 5.18. The number of carbonyl (C=O) groups is 1. The lowest BCUT2D eigenvalue weighted by Crippen LogP contribution is -2.54. The lowest BCUT2D eigenvalue weighted by molar-refractivity contribution is -0.114. The molecule has 0 amide bonds. The maximum Gasteiger partial charge on any atom is 0.220 e. The summed E-state index contributed by atoms with van der Waals surface area (Å²) in [5.41, 5.74) is 2.94. The van der Waals surface area contributed by atoms with E-state index < -0.39 is 0 Å². The van der Waals surface area contributed by atoms with Gasteiger partial charge in [-0.25, -0.2) is 0 Å². The quantitative estimate of drug-likeness (QED) is 0.899. The Bertz CT molecular complexity index is 795. The average molecular weight is 327 g/mol. The highest BCUT2D eigenvalue weighted by atomic mass is 16.5. The summed E-state index contributed by atoms with van der Waals surface area (Å²) in [6.07, 6.45) is 5.35. The van der Waals surface area contributed by atoms with E-state index in [0.29, 0.717) is 11.5 Å². The number of piperidine rings is 1. The molecule has 1 fully saturated rings. The standard InChI is InChI=1S/C19H21NO4/c1-20-5-4-19-10-18(24-3)16(22)9-13(19)14(20)6-11-7-17(23-2)15(21)8-12(11)19/h7-10,14,21H,4-6H2,1-3H3/t14-,19-/m1/s1. The molecule has 0 unspecified atom stereocenters. The molecule has 0 spiro atoms. The number of phenols is 1. The number of rotatable bonds is 2. The van der Waals surface area contributed by atoms with Crippen molar-refractivity contribution >= 4 is 5.78 Å². The van der Waals surface area contributed by atoms with Crippen LogP contribution in [-0.4, -0.2) is 49.6 Å². The minimum Gasteiger partial charge on any atom is -0.504 e. The van der Waals surface area contributed by atoms with Crippen LogP contribution >= 0.6 is 0 Å². The van der Waals surface area contributed by atoms with Crippen molar-refractivity contribution in [2.24, 2.45) is 0 Å². The molecule has 1 saturated heterocycles. The molecule has 0 radical (unpaired) electrons. The molecule has 1 aliphatic heterocycles. The van der Waals surface area contributed by atoms with Crippen molar-refractivity contribution in [2.45, 2.75) is 24.3 Å². The Kier molecular flexibility index (Phi) is 3.25. The lowest BCUT2D eigenvalue weighted by atomic mass is 9.59. The fraction of sp³-hybridized carbons (Fsp3) is 0.421. The Labute approximate surface area is 141 Å². The lowest BCUT2D eigenvalue weighted by Gasteiger charge is -2.52. The summed E-state index contributed by atoms with van der Waals surface area (Å²) in [5.74, 6) is 0.919. The van der Waals surface area contributed by atoms with E-state index >= 15 is 0 Å². The van der Waals surface area contributed by atoms with Crippen molar-refractivity contribution in [2.75, 3.05) is 27.8 Å². The normalized spacial score (nSPS) is 28.5. The van der Waals surface area contributed by atoms with E-state index in [9.17, 15) is 9.90 Å². The summed E-state index contributed by atoms with van der Waals surface area (Å²) in [5, 5.41) is 10.3. The van der Waals surface area contributed by atoms with Crippen LogP contribution in [0, 0.1) is 0 Å². The number of nitrogens with zero attached hydrogens (tertiary/aromatic N) is 1. The fourth-order valence-electron chi connectivity index (χ4n) is 4.44. The third-order valence-electron chi connectivity index (χ3n) is 5.69. The summed E-state index contributed by atoms with van der Waals surface area (Å²) >= 11 is 0. The van der Waals surface area contributed by atoms with Crippen molar-refractivity contribution < 1.29 is 19.4 Å². The Balaban J connectivity index is 1.99. The molecule has 126 valence electrons. The maximum absolute atomic E-state index is 12.3. The first-order valence-corrected chi connectivity index (χ1v) is 8.14. The van der Waals surface area contributed by atoms with Crippen LogP contribution in [0.1, 0.15) is 17.5 Å². The van der Waals surface area contributed by atoms with Crippen molar-refractivity contribution in [1.82, 2.24) is 4.90 Å². The number of aromatic hydroxyl groups is 1. The van der Waals surface area contributed by atoms with E-state index in [1.807, 2.05) is 12.1 Å². The molecule has 24 heavy (non-hydrogen) atoms. The summed E-state index contributed by atoms with van der Waals surface area (Å²) in [6.45, 7) is 0.927. The van der Waals surface area contributed by atoms with Gasteiger partial charge in [-0.3, -0.25) is 9.69 Å². The zero-order chi connectivity index (χ0) is 17.1. The Morgan fingerprint density at radius 2 is 2.08 bits per heavy atom. The molecule has 1 N–H and O–H groups in total. The number of likely N-dealkylation sites (tertiary alicyclic amines) is 1. The van der Waals surface area contributed by atoms with Gasteiger partial charge in [-0.15, -0.1) is 0 Å². The van der Waals surface area contributed by atoms with Crippen LogP contribution in [0.3, 0.4) is 0 Å². The summed E-state index contributed by atoms with van der Waals surface area (Å²) in [4.78, 5) is 14.6. The number of phenolic OH excluding ortho intramolecular Hbond substituents is 1. The van der Waals surface area contributed by atoms with Gasteiger partial charge in [0.15, 0.2) is 17.3 Å². The van der Waals surface area contributed by atoms with Gasteiger partial charge in [0.2, 0.25) is 5.78 Å². The molecule has 5 nitrogen and oxygen atoms in total. The zero-order valence-electron chi connectivity index (χ0n) is 14.1. The van der Waals surface area contributed by atoms with Gasteiger partial charge in [0.1, 0.15) is 0 Å². The van der Waals surface area contributed by atoms with Gasteiger partial charge >= 0.3 is 0 Å². The second-order valence-electron chi connectivity index (χ2n) is 6.78. The van der Waals surface area contributed by atoms with Gasteiger partial charge in [-0.05, 0) is 67.4 Å². The maximum atomic E-state index is 12.3. The van der Waals surface area contributed by atoms with Gasteiger partial charge in [0, 0.05) is 11.5 Å². The van der Waals surface area contributed by atoms with Crippen molar-refractivity contribution in [1.29, 1.82) is 0 Å². The minimum atomic E-state index is -0.381. The van der Waals surface area contributed by atoms with Gasteiger partial charge in [-0.1, -0.05) is 0 Å². The first-order valence-electron chi connectivity index (χ1n) is 8.14. The van der Waals surface area contributed by atoms with Crippen LogP contribution in [-0.2, 0) is 21.4 Å². The molecule has 4 rings (SSSR count). The minimum absolute atomic E-state index is 0.0791. The Morgan fingerprint density at radius 1 is 1.29 bits per heavy atom. The number of ketones is 1. The molecule has 1 heterocycles. The molecule has 5 heteroatoms. The van der Waals surface area contributed by atoms with E-state index in [1.165, 1.54) is 7.11 Å². The van der Waals surface area contributed by atoms with E-state index in [4.69, 9.17) is 9.47 Å². The second kappa shape index (κ2) is 5.11. The smallest absolute Gasteiger partial charge is 0.220 e. The second-order valence-corrected chi connectivity index (χ2v) is 6.78. The molecule has 0 aromatic heterocycles. The molecule has 2 atom stereocenters. The first-order chi connectivity index (χ1) is 11.5. The molecule has 2 bridgehead atoms. The van der Waals surface area contributed by atoms with Gasteiger partial charge < -0.3 is 14.6 Å². The number of allylic oxidation sites excluding steroid dienone is 2. The zero-order valence-corrected chi connectivity index (χ0v) is 14.1. The third kappa shape index (κ3) is 1.88. The first kappa shape index (κ1) is 15.3. The third-order valence-corrected chi connectivity index (χ3v) is 5.69. The number of carbonyl (C=O) groups excluding carboxylic acids is 1. The van der Waals surface area contributed by atoms with E-state index in [-0.39, 0.29) is 23.0 Å². The van der Waals surface area contributed by atoms with Crippen LogP contribution in [0.4, 0.5) is 0 Å². The molecular weight excluding hydrogens is 306 g/mol. The summed E-state index contributed by atoms with van der Waals surface area (Å²) < 4.78 is 10.6. The number of ether oxygens (including phenoxy) is 2. The molecule has 3 aliphatic rings. The number of hydrogen-bond acceptors (Lipinski definition) is 5. The topological polar surface area (TPSA) is 59.0 Å². The van der Waals surface area contributed by atoms with Gasteiger partial charge in [0.25, 0.3) is 0 Å². The molecule has 0 saturated carbocycles. The number of benzene rings is 1. The van der Waals surface area contributed by atoms with Crippen molar-refractivity contribution in [3.63, 3.8) is 0 Å². The highest BCUT2D eigenvalue weighted by molar-refractivity contribution is 6.05. The predicted octanol–water partition coefficient (Wildman–Crippen LogP) is 1.94. The average Bonchev–Trinajstić information content (AvgIpc) is 2.58. The SMILES string of the molecule is COC1=C[C@]23CCN(C)[C@H](Cc4cc(OC)c(O)cc42)C3=CC1=O. The number of fused-ring (bicyclic) bond motifs is 1.